The van der Waals surface area contributed by atoms with Gasteiger partial charge in [0, 0.05) is 5.56 Å². The Morgan fingerprint density at radius 3 is 2.25 bits per heavy atom. The summed E-state index contributed by atoms with van der Waals surface area (Å²) in [6.45, 7) is 0. The van der Waals surface area contributed by atoms with Crippen molar-refractivity contribution < 1.29 is 27.8 Å². The van der Waals surface area contributed by atoms with Crippen LogP contribution in [0.15, 0.2) is 42.5 Å². The van der Waals surface area contributed by atoms with E-state index in [9.17, 15) is 18.4 Å². The van der Waals surface area contributed by atoms with Crippen LogP contribution in [0.25, 0.3) is 16.9 Å². The molecule has 0 atom stereocenters. The molecular formula is C19H13ClF2N2O4. The molecule has 0 aliphatic heterocycles. The minimum atomic E-state index is -1.12. The molecule has 6 nitrogen and oxygen atoms in total. The Morgan fingerprint density at radius 1 is 1.00 bits per heavy atom. The molecule has 144 valence electrons. The molecule has 0 amide bonds. The summed E-state index contributed by atoms with van der Waals surface area (Å²) in [6.07, 6.45) is 0. The van der Waals surface area contributed by atoms with Crippen molar-refractivity contribution >= 4 is 23.5 Å². The van der Waals surface area contributed by atoms with E-state index in [1.165, 1.54) is 0 Å². The average molecular weight is 407 g/mol. The largest absolute Gasteiger partial charge is 0.465 e. The molecule has 3 rings (SSSR count). The van der Waals surface area contributed by atoms with Crippen LogP contribution in [0.1, 0.15) is 20.8 Å². The number of benzene rings is 2. The van der Waals surface area contributed by atoms with Crippen LogP contribution in [0.4, 0.5) is 8.78 Å². The number of halogens is 3. The van der Waals surface area contributed by atoms with Crippen molar-refractivity contribution in [3.63, 3.8) is 0 Å². The van der Waals surface area contributed by atoms with Gasteiger partial charge in [-0.3, -0.25) is 0 Å². The molecule has 0 unspecified atom stereocenters. The molecule has 0 fully saturated rings. The van der Waals surface area contributed by atoms with Gasteiger partial charge >= 0.3 is 11.9 Å². The molecule has 0 spiro atoms. The Balaban J connectivity index is 2.41. The zero-order chi connectivity index (χ0) is 20.4. The van der Waals surface area contributed by atoms with Gasteiger partial charge in [-0.1, -0.05) is 29.8 Å². The van der Waals surface area contributed by atoms with Gasteiger partial charge in [0.1, 0.15) is 22.1 Å². The fourth-order valence-corrected chi connectivity index (χ4v) is 2.82. The van der Waals surface area contributed by atoms with Gasteiger partial charge < -0.3 is 9.47 Å². The zero-order valence-electron chi connectivity index (χ0n) is 14.7. The van der Waals surface area contributed by atoms with Crippen molar-refractivity contribution in [2.75, 3.05) is 14.2 Å². The second kappa shape index (κ2) is 7.77. The second-order valence-corrected chi connectivity index (χ2v) is 5.90. The standard InChI is InChI=1S/C19H13ClF2N2O4/c1-27-18(25)13-16(11-8-9-12(21)14(20)15(11)22)23-24(17(13)19(26)28-2)10-6-4-3-5-7-10/h3-9H,1-2H3. The third kappa shape index (κ3) is 3.22. The van der Waals surface area contributed by atoms with E-state index in [4.69, 9.17) is 21.1 Å². The number of esters is 2. The molecule has 0 saturated heterocycles. The Bertz CT molecular complexity index is 1070. The summed E-state index contributed by atoms with van der Waals surface area (Å²) in [5.41, 5.74) is -0.703. The fraction of sp³-hybridized carbons (Fsp3) is 0.105. The maximum absolute atomic E-state index is 14.6. The Morgan fingerprint density at radius 2 is 1.64 bits per heavy atom. The van der Waals surface area contributed by atoms with E-state index >= 15 is 0 Å². The molecule has 0 radical (unpaired) electrons. The first-order valence-electron chi connectivity index (χ1n) is 7.89. The van der Waals surface area contributed by atoms with E-state index < -0.39 is 28.6 Å². The SMILES string of the molecule is COC(=O)c1c(-c2ccc(F)c(Cl)c2F)nn(-c2ccccc2)c1C(=O)OC. The van der Waals surface area contributed by atoms with Crippen LogP contribution < -0.4 is 0 Å². The molecule has 0 N–H and O–H groups in total. The minimum absolute atomic E-state index is 0.240. The molecule has 0 bridgehead atoms. The number of carbonyl (C=O) groups excluding carboxylic acids is 2. The normalized spacial score (nSPS) is 10.6. The number of hydrogen-bond acceptors (Lipinski definition) is 5. The van der Waals surface area contributed by atoms with Crippen LogP contribution in [0.5, 0.6) is 0 Å². The molecule has 1 heterocycles. The Labute approximate surface area is 163 Å². The zero-order valence-corrected chi connectivity index (χ0v) is 15.5. The maximum Gasteiger partial charge on any atom is 0.357 e. The first kappa shape index (κ1) is 19.5. The van der Waals surface area contributed by atoms with Gasteiger partial charge in [0.25, 0.3) is 0 Å². The quantitative estimate of drug-likeness (QED) is 0.483. The third-order valence-corrected chi connectivity index (χ3v) is 4.29. The smallest absolute Gasteiger partial charge is 0.357 e. The van der Waals surface area contributed by atoms with Gasteiger partial charge in [0.15, 0.2) is 11.5 Å². The van der Waals surface area contributed by atoms with Gasteiger partial charge in [-0.2, -0.15) is 5.10 Å². The number of hydrogen-bond donors (Lipinski definition) is 0. The average Bonchev–Trinajstić information content (AvgIpc) is 3.12. The van der Waals surface area contributed by atoms with Crippen LogP contribution >= 0.6 is 11.6 Å². The van der Waals surface area contributed by atoms with Gasteiger partial charge in [0.05, 0.1) is 19.9 Å². The lowest BCUT2D eigenvalue weighted by molar-refractivity contribution is 0.0549. The van der Waals surface area contributed by atoms with E-state index in [0.29, 0.717) is 5.69 Å². The van der Waals surface area contributed by atoms with Crippen molar-refractivity contribution in [1.82, 2.24) is 9.78 Å². The summed E-state index contributed by atoms with van der Waals surface area (Å²) in [5, 5.41) is 3.45. The van der Waals surface area contributed by atoms with Crippen molar-refractivity contribution in [2.45, 2.75) is 0 Å². The van der Waals surface area contributed by atoms with Crippen molar-refractivity contribution in [2.24, 2.45) is 0 Å². The first-order chi connectivity index (χ1) is 13.4. The predicted molar refractivity (Wildman–Crippen MR) is 96.6 cm³/mol. The third-order valence-electron chi connectivity index (χ3n) is 3.94. The molecule has 9 heteroatoms. The Kier molecular flexibility index (Phi) is 5.41. The lowest BCUT2D eigenvalue weighted by Gasteiger charge is -2.07. The molecule has 0 saturated carbocycles. The summed E-state index contributed by atoms with van der Waals surface area (Å²) in [4.78, 5) is 24.9. The highest BCUT2D eigenvalue weighted by Gasteiger charge is 2.32. The molecule has 0 aliphatic rings. The van der Waals surface area contributed by atoms with Gasteiger partial charge in [-0.05, 0) is 24.3 Å². The van der Waals surface area contributed by atoms with Crippen molar-refractivity contribution in [1.29, 1.82) is 0 Å². The number of rotatable bonds is 4. The van der Waals surface area contributed by atoms with Crippen LogP contribution in [0, 0.1) is 11.6 Å². The van der Waals surface area contributed by atoms with Crippen LogP contribution in [-0.2, 0) is 9.47 Å². The first-order valence-corrected chi connectivity index (χ1v) is 8.27. The molecule has 28 heavy (non-hydrogen) atoms. The number of para-hydroxylation sites is 1. The van der Waals surface area contributed by atoms with E-state index in [1.807, 2.05) is 0 Å². The number of aromatic nitrogens is 2. The van der Waals surface area contributed by atoms with Crippen molar-refractivity contribution in [3.05, 3.63) is 70.4 Å². The summed E-state index contributed by atoms with van der Waals surface area (Å²) in [7, 11) is 2.22. The minimum Gasteiger partial charge on any atom is -0.465 e. The van der Waals surface area contributed by atoms with E-state index in [0.717, 1.165) is 31.0 Å². The summed E-state index contributed by atoms with van der Waals surface area (Å²) in [6, 6.07) is 10.4. The molecule has 3 aromatic rings. The summed E-state index contributed by atoms with van der Waals surface area (Å²) in [5.74, 6) is -3.94. The molecule has 0 aliphatic carbocycles. The lowest BCUT2D eigenvalue weighted by Crippen LogP contribution is -2.15. The van der Waals surface area contributed by atoms with E-state index in [-0.39, 0.29) is 22.5 Å². The molecular weight excluding hydrogens is 394 g/mol. The summed E-state index contributed by atoms with van der Waals surface area (Å²) < 4.78 is 38.8. The highest BCUT2D eigenvalue weighted by atomic mass is 35.5. The number of nitrogens with zero attached hydrogens (tertiary/aromatic N) is 2. The van der Waals surface area contributed by atoms with Gasteiger partial charge in [-0.25, -0.2) is 23.1 Å². The van der Waals surface area contributed by atoms with Gasteiger partial charge in [0.2, 0.25) is 0 Å². The van der Waals surface area contributed by atoms with Crippen LogP contribution in [0.2, 0.25) is 5.02 Å². The predicted octanol–water partition coefficient (Wildman–Crippen LogP) is 4.04. The van der Waals surface area contributed by atoms with Crippen molar-refractivity contribution in [3.8, 4) is 16.9 Å². The van der Waals surface area contributed by atoms with Crippen LogP contribution in [0.3, 0.4) is 0 Å². The monoisotopic (exact) mass is 406 g/mol. The maximum atomic E-state index is 14.6. The number of ether oxygens (including phenoxy) is 2. The topological polar surface area (TPSA) is 70.4 Å². The van der Waals surface area contributed by atoms with Crippen LogP contribution in [-0.4, -0.2) is 35.9 Å². The lowest BCUT2D eigenvalue weighted by atomic mass is 10.0. The fourth-order valence-electron chi connectivity index (χ4n) is 2.65. The highest BCUT2D eigenvalue weighted by Crippen LogP contribution is 2.34. The Hall–Kier alpha value is -3.26. The second-order valence-electron chi connectivity index (χ2n) is 5.53. The molecule has 1 aromatic heterocycles. The van der Waals surface area contributed by atoms with Gasteiger partial charge in [-0.15, -0.1) is 0 Å². The number of carbonyl (C=O) groups is 2. The van der Waals surface area contributed by atoms with E-state index in [2.05, 4.69) is 5.10 Å². The van der Waals surface area contributed by atoms with E-state index in [1.54, 1.807) is 30.3 Å². The summed E-state index contributed by atoms with van der Waals surface area (Å²) >= 11 is 5.66. The molecule has 2 aromatic carbocycles. The highest BCUT2D eigenvalue weighted by molar-refractivity contribution is 6.31. The number of methoxy groups -OCH3 is 2.